The average molecular weight is 573 g/mol. The molecule has 0 spiro atoms. The van der Waals surface area contributed by atoms with Crippen molar-refractivity contribution >= 4 is 35.8 Å². The van der Waals surface area contributed by atoms with Gasteiger partial charge >= 0.3 is 0 Å². The Bertz CT molecular complexity index is 1570. The van der Waals surface area contributed by atoms with Gasteiger partial charge in [-0.05, 0) is 46.3 Å². The van der Waals surface area contributed by atoms with Gasteiger partial charge in [-0.15, -0.1) is 0 Å². The van der Waals surface area contributed by atoms with Gasteiger partial charge in [0.05, 0.1) is 6.10 Å². The van der Waals surface area contributed by atoms with Crippen LogP contribution in [0.4, 0.5) is 0 Å². The first-order valence-corrected chi connectivity index (χ1v) is 16.9. The van der Waals surface area contributed by atoms with E-state index in [1.807, 2.05) is 42.5 Å². The molecule has 0 aromatic heterocycles. The van der Waals surface area contributed by atoms with Gasteiger partial charge in [-0.25, -0.2) is 0 Å². The molecule has 1 aliphatic rings. The van der Waals surface area contributed by atoms with Crippen LogP contribution in [0.3, 0.4) is 0 Å². The lowest BCUT2D eigenvalue weighted by atomic mass is 9.78. The molecule has 0 fully saturated rings. The third-order valence-corrected chi connectivity index (χ3v) is 13.6. The molecule has 0 saturated heterocycles. The summed E-state index contributed by atoms with van der Waals surface area (Å²) >= 11 is 0. The molecule has 4 aromatic rings. The Morgan fingerprint density at radius 2 is 1.14 bits per heavy atom. The highest BCUT2D eigenvalue weighted by Crippen LogP contribution is 2.42. The summed E-state index contributed by atoms with van der Waals surface area (Å²) in [5.41, 5.74) is 3.85. The summed E-state index contributed by atoms with van der Waals surface area (Å²) in [5.74, 6) is -0.120. The third-order valence-electron chi connectivity index (χ3n) is 8.44. The summed E-state index contributed by atoms with van der Waals surface area (Å²) in [7, 11) is -2.86. The zero-order valence-corrected chi connectivity index (χ0v) is 26.3. The molecular formula is C38H40O3Si. The maximum Gasteiger partial charge on any atom is 0.261 e. The molecule has 1 atom stereocenters. The first-order valence-electron chi connectivity index (χ1n) is 15.0. The van der Waals surface area contributed by atoms with Crippen LogP contribution in [0.1, 0.15) is 91.8 Å². The molecule has 0 bridgehead atoms. The van der Waals surface area contributed by atoms with Gasteiger partial charge in [-0.1, -0.05) is 143 Å². The van der Waals surface area contributed by atoms with Crippen LogP contribution in [0.25, 0.3) is 5.57 Å². The highest BCUT2D eigenvalue weighted by Gasteiger charge is 2.51. The molecular weight excluding hydrogens is 533 g/mol. The lowest BCUT2D eigenvalue weighted by Crippen LogP contribution is -2.66. The molecule has 3 nitrogen and oxygen atoms in total. The number of Topliss-reactive ketones (excluding diaryl/α,β-unsaturated/α-hetero) is 2. The largest absolute Gasteiger partial charge is 0.401 e. The summed E-state index contributed by atoms with van der Waals surface area (Å²) in [4.78, 5) is 28.0. The zero-order valence-electron chi connectivity index (χ0n) is 25.3. The molecule has 0 N–H and O–H groups in total. The summed E-state index contributed by atoms with van der Waals surface area (Å²) < 4.78 is 7.46. The molecule has 5 rings (SSSR count). The Hall–Kier alpha value is -3.86. The Balaban J connectivity index is 1.69. The van der Waals surface area contributed by atoms with Gasteiger partial charge in [0.2, 0.25) is 0 Å². The molecule has 0 saturated carbocycles. The van der Waals surface area contributed by atoms with E-state index in [-0.39, 0.29) is 22.7 Å². The van der Waals surface area contributed by atoms with Gasteiger partial charge in [0.15, 0.2) is 11.6 Å². The van der Waals surface area contributed by atoms with Crippen molar-refractivity contribution in [2.24, 2.45) is 0 Å². The van der Waals surface area contributed by atoms with E-state index in [1.165, 1.54) is 10.4 Å². The second kappa shape index (κ2) is 12.2. The summed E-state index contributed by atoms with van der Waals surface area (Å²) in [6, 6.07) is 36.4. The predicted octanol–water partition coefficient (Wildman–Crippen LogP) is 8.35. The molecule has 4 heteroatoms. The Labute approximate surface area is 251 Å². The molecule has 0 amide bonds. The number of ketones is 2. The van der Waals surface area contributed by atoms with E-state index in [4.69, 9.17) is 4.43 Å². The Kier molecular flexibility index (Phi) is 8.58. The van der Waals surface area contributed by atoms with Crippen LogP contribution >= 0.6 is 0 Å². The van der Waals surface area contributed by atoms with E-state index in [2.05, 4.69) is 89.2 Å². The highest BCUT2D eigenvalue weighted by atomic mass is 28.4. The molecule has 1 unspecified atom stereocenters. The normalized spacial score (nSPS) is 14.6. The van der Waals surface area contributed by atoms with Gasteiger partial charge in [-0.3, -0.25) is 9.59 Å². The lowest BCUT2D eigenvalue weighted by molar-refractivity contribution is 0.0988. The highest BCUT2D eigenvalue weighted by molar-refractivity contribution is 6.99. The van der Waals surface area contributed by atoms with E-state index < -0.39 is 8.32 Å². The second-order valence-corrected chi connectivity index (χ2v) is 16.4. The molecule has 42 heavy (non-hydrogen) atoms. The average Bonchev–Trinajstić information content (AvgIpc) is 3.01. The van der Waals surface area contributed by atoms with Crippen LogP contribution in [-0.2, 0) is 4.43 Å². The van der Waals surface area contributed by atoms with Crippen molar-refractivity contribution in [2.75, 3.05) is 0 Å². The number of hydrogen-bond acceptors (Lipinski definition) is 3. The monoisotopic (exact) mass is 572 g/mol. The van der Waals surface area contributed by atoms with Crippen molar-refractivity contribution in [2.45, 2.75) is 65.0 Å². The van der Waals surface area contributed by atoms with Crippen LogP contribution in [0.5, 0.6) is 0 Å². The van der Waals surface area contributed by atoms with E-state index in [0.717, 1.165) is 24.0 Å². The fourth-order valence-electron chi connectivity index (χ4n) is 6.40. The lowest BCUT2D eigenvalue weighted by Gasteiger charge is -2.45. The minimum absolute atomic E-state index is 0.0380. The minimum Gasteiger partial charge on any atom is -0.401 e. The zero-order chi connectivity index (χ0) is 29.9. The topological polar surface area (TPSA) is 43.4 Å². The van der Waals surface area contributed by atoms with E-state index in [1.54, 1.807) is 12.1 Å². The molecule has 0 heterocycles. The molecule has 214 valence electrons. The third kappa shape index (κ3) is 5.26. The van der Waals surface area contributed by atoms with E-state index in [9.17, 15) is 9.59 Å². The van der Waals surface area contributed by atoms with Crippen molar-refractivity contribution in [3.63, 3.8) is 0 Å². The smallest absolute Gasteiger partial charge is 0.261 e. The summed E-state index contributed by atoms with van der Waals surface area (Å²) in [6.07, 6.45) is 2.02. The van der Waals surface area contributed by atoms with Crippen LogP contribution in [0, 0.1) is 0 Å². The van der Waals surface area contributed by atoms with E-state index >= 15 is 0 Å². The summed E-state index contributed by atoms with van der Waals surface area (Å²) in [6.45, 7) is 11.0. The van der Waals surface area contributed by atoms with Crippen LogP contribution < -0.4 is 10.4 Å². The van der Waals surface area contributed by atoms with Gasteiger partial charge in [-0.2, -0.15) is 0 Å². The van der Waals surface area contributed by atoms with Crippen LogP contribution in [0.15, 0.2) is 115 Å². The number of allylic oxidation sites excluding steroid dienone is 2. The van der Waals surface area contributed by atoms with Crippen molar-refractivity contribution < 1.29 is 14.0 Å². The maximum absolute atomic E-state index is 14.2. The Morgan fingerprint density at radius 3 is 1.67 bits per heavy atom. The fraction of sp³-hybridized carbons (Fsp3) is 0.263. The number of carbonyl (C=O) groups is 2. The van der Waals surface area contributed by atoms with Crippen molar-refractivity contribution in [3.05, 3.63) is 137 Å². The van der Waals surface area contributed by atoms with Crippen LogP contribution in [-0.4, -0.2) is 19.9 Å². The number of rotatable bonds is 9. The Morgan fingerprint density at radius 1 is 0.667 bits per heavy atom. The van der Waals surface area contributed by atoms with Crippen molar-refractivity contribution in [3.8, 4) is 0 Å². The molecule has 4 aromatic carbocycles. The molecule has 0 aliphatic heterocycles. The second-order valence-electron chi connectivity index (χ2n) is 12.2. The maximum atomic E-state index is 14.2. The fourth-order valence-corrected chi connectivity index (χ4v) is 11.1. The van der Waals surface area contributed by atoms with Crippen molar-refractivity contribution in [1.29, 1.82) is 0 Å². The minimum atomic E-state index is -2.86. The number of carbonyl (C=O) groups excluding carboxylic acids is 2. The SMILES string of the molecule is CCCCC1=C(c2ccccc2C(C)O[Si](c2ccccc2)(c2ccccc2)C(C)(C)C)C(=O)c2ccccc2C1=O. The number of unbranched alkanes of at least 4 members (excludes halogenated alkanes) is 1. The predicted molar refractivity (Wildman–Crippen MR) is 175 cm³/mol. The summed E-state index contributed by atoms with van der Waals surface area (Å²) in [5, 5.41) is 2.21. The molecule has 0 radical (unpaired) electrons. The van der Waals surface area contributed by atoms with Gasteiger partial charge in [0, 0.05) is 22.3 Å². The first kappa shape index (κ1) is 29.6. The van der Waals surface area contributed by atoms with Gasteiger partial charge < -0.3 is 4.43 Å². The van der Waals surface area contributed by atoms with Crippen molar-refractivity contribution in [1.82, 2.24) is 0 Å². The number of benzene rings is 4. The van der Waals surface area contributed by atoms with E-state index in [0.29, 0.717) is 28.7 Å². The standard InChI is InChI=1S/C38H40O3Si/c1-6-7-22-34-35(37(40)33-26-17-16-25-32(33)36(34)39)31-24-15-14-23-30(31)27(2)41-42(38(3,4)5,28-18-10-8-11-19-28)29-20-12-9-13-21-29/h8-21,23-27H,6-7,22H2,1-5H3. The number of fused-ring (bicyclic) bond motifs is 1. The van der Waals surface area contributed by atoms with Gasteiger partial charge in [0.1, 0.15) is 0 Å². The van der Waals surface area contributed by atoms with Gasteiger partial charge in [0.25, 0.3) is 8.32 Å². The molecule has 1 aliphatic carbocycles. The van der Waals surface area contributed by atoms with Crippen LogP contribution in [0.2, 0.25) is 5.04 Å². The quantitative estimate of drug-likeness (QED) is 0.189. The first-order chi connectivity index (χ1) is 20.2. The number of hydrogen-bond donors (Lipinski definition) is 0.